The summed E-state index contributed by atoms with van der Waals surface area (Å²) in [4.78, 5) is 4.07. The quantitative estimate of drug-likeness (QED) is 0.703. The Hall–Kier alpha value is -2.26. The maximum Gasteiger partial charge on any atom is 0.161 e. The van der Waals surface area contributed by atoms with Crippen LogP contribution >= 0.6 is 15.9 Å². The molecule has 0 fully saturated rings. The highest BCUT2D eigenvalue weighted by molar-refractivity contribution is 9.10. The van der Waals surface area contributed by atoms with E-state index in [0.717, 1.165) is 17.7 Å². The van der Waals surface area contributed by atoms with Crippen LogP contribution in [0.15, 0.2) is 41.1 Å². The minimum atomic E-state index is -0.908. The van der Waals surface area contributed by atoms with Gasteiger partial charge in [0, 0.05) is 23.2 Å². The Morgan fingerprint density at radius 2 is 1.95 bits per heavy atom. The standard InChI is InChI=1S/C15H8BrF2N3/c16-11-3-9(1-2-10(11)6-19)7-21-8-20-14-4-12(17)13(18)5-15(14)21/h1-5,8H,7H2. The van der Waals surface area contributed by atoms with Gasteiger partial charge in [0.15, 0.2) is 11.6 Å². The van der Waals surface area contributed by atoms with Crippen molar-refractivity contribution in [2.45, 2.75) is 6.54 Å². The number of halogens is 3. The molecular weight excluding hydrogens is 340 g/mol. The van der Waals surface area contributed by atoms with Gasteiger partial charge in [-0.1, -0.05) is 6.07 Å². The van der Waals surface area contributed by atoms with Crippen LogP contribution in [-0.2, 0) is 6.54 Å². The summed E-state index contributed by atoms with van der Waals surface area (Å²) in [5, 5.41) is 8.89. The molecule has 0 spiro atoms. The minimum Gasteiger partial charge on any atom is -0.326 e. The Morgan fingerprint density at radius 1 is 1.19 bits per heavy atom. The Morgan fingerprint density at radius 3 is 2.67 bits per heavy atom. The molecule has 104 valence electrons. The number of benzene rings is 2. The molecule has 21 heavy (non-hydrogen) atoms. The molecule has 0 amide bonds. The van der Waals surface area contributed by atoms with Gasteiger partial charge in [0.25, 0.3) is 0 Å². The summed E-state index contributed by atoms with van der Waals surface area (Å²) in [6.45, 7) is 0.450. The van der Waals surface area contributed by atoms with Crippen LogP contribution in [0.1, 0.15) is 11.1 Å². The van der Waals surface area contributed by atoms with Crippen molar-refractivity contribution < 1.29 is 8.78 Å². The molecule has 0 unspecified atom stereocenters. The zero-order valence-electron chi connectivity index (χ0n) is 10.6. The molecule has 0 saturated heterocycles. The van der Waals surface area contributed by atoms with Crippen molar-refractivity contribution >= 4 is 27.0 Å². The van der Waals surface area contributed by atoms with E-state index >= 15 is 0 Å². The van der Waals surface area contributed by atoms with Crippen LogP contribution in [0.5, 0.6) is 0 Å². The van der Waals surface area contributed by atoms with Gasteiger partial charge in [-0.15, -0.1) is 0 Å². The lowest BCUT2D eigenvalue weighted by atomic mass is 10.1. The third-order valence-corrected chi connectivity index (χ3v) is 3.83. The van der Waals surface area contributed by atoms with Crippen LogP contribution in [0.25, 0.3) is 11.0 Å². The fraction of sp³-hybridized carbons (Fsp3) is 0.0667. The Bertz CT molecular complexity index is 880. The number of hydrogen-bond acceptors (Lipinski definition) is 2. The lowest BCUT2D eigenvalue weighted by Gasteiger charge is -2.06. The first-order chi connectivity index (χ1) is 10.1. The molecule has 0 radical (unpaired) electrons. The number of aromatic nitrogens is 2. The molecule has 0 aliphatic carbocycles. The molecule has 3 nitrogen and oxygen atoms in total. The summed E-state index contributed by atoms with van der Waals surface area (Å²) in [6.07, 6.45) is 1.54. The molecule has 3 aromatic rings. The molecule has 0 saturated carbocycles. The number of imidazole rings is 1. The van der Waals surface area contributed by atoms with Crippen LogP contribution in [0.2, 0.25) is 0 Å². The number of rotatable bonds is 2. The van der Waals surface area contributed by atoms with Gasteiger partial charge in [0.1, 0.15) is 6.07 Å². The van der Waals surface area contributed by atoms with E-state index < -0.39 is 11.6 Å². The van der Waals surface area contributed by atoms with E-state index in [1.807, 2.05) is 12.1 Å². The lowest BCUT2D eigenvalue weighted by molar-refractivity contribution is 0.510. The number of nitriles is 1. The molecular formula is C15H8BrF2N3. The van der Waals surface area contributed by atoms with Crippen molar-refractivity contribution in [2.24, 2.45) is 0 Å². The number of nitrogens with zero attached hydrogens (tertiary/aromatic N) is 3. The van der Waals surface area contributed by atoms with Gasteiger partial charge < -0.3 is 4.57 Å². The predicted molar refractivity (Wildman–Crippen MR) is 77.6 cm³/mol. The highest BCUT2D eigenvalue weighted by Crippen LogP contribution is 2.21. The van der Waals surface area contributed by atoms with Crippen LogP contribution in [0.3, 0.4) is 0 Å². The minimum absolute atomic E-state index is 0.404. The second-order valence-electron chi connectivity index (χ2n) is 4.55. The van der Waals surface area contributed by atoms with Crippen molar-refractivity contribution in [1.82, 2.24) is 9.55 Å². The van der Waals surface area contributed by atoms with Crippen molar-refractivity contribution in [3.05, 3.63) is 63.9 Å². The van der Waals surface area contributed by atoms with Gasteiger partial charge in [-0.05, 0) is 33.6 Å². The monoisotopic (exact) mass is 347 g/mol. The van der Waals surface area contributed by atoms with Crippen molar-refractivity contribution in [3.8, 4) is 6.07 Å². The predicted octanol–water partition coefficient (Wildman–Crippen LogP) is 4.00. The summed E-state index contributed by atoms with van der Waals surface area (Å²) in [6, 6.07) is 9.63. The van der Waals surface area contributed by atoms with Gasteiger partial charge in [-0.25, -0.2) is 13.8 Å². The Balaban J connectivity index is 2.00. The molecule has 1 aromatic heterocycles. The van der Waals surface area contributed by atoms with E-state index in [2.05, 4.69) is 27.0 Å². The topological polar surface area (TPSA) is 41.6 Å². The van der Waals surface area contributed by atoms with Crippen molar-refractivity contribution in [1.29, 1.82) is 5.26 Å². The van der Waals surface area contributed by atoms with Gasteiger partial charge in [0.2, 0.25) is 0 Å². The van der Waals surface area contributed by atoms with Crippen LogP contribution in [0.4, 0.5) is 8.78 Å². The van der Waals surface area contributed by atoms with Crippen molar-refractivity contribution in [2.75, 3.05) is 0 Å². The average Bonchev–Trinajstić information content (AvgIpc) is 2.82. The highest BCUT2D eigenvalue weighted by atomic mass is 79.9. The molecule has 0 aliphatic heterocycles. The molecule has 0 N–H and O–H groups in total. The maximum absolute atomic E-state index is 13.3. The summed E-state index contributed by atoms with van der Waals surface area (Å²) in [7, 11) is 0. The summed E-state index contributed by atoms with van der Waals surface area (Å²) in [5.41, 5.74) is 2.39. The molecule has 1 heterocycles. The zero-order chi connectivity index (χ0) is 15.0. The third kappa shape index (κ3) is 2.52. The zero-order valence-corrected chi connectivity index (χ0v) is 12.2. The van der Waals surface area contributed by atoms with Gasteiger partial charge in [-0.2, -0.15) is 5.26 Å². The smallest absolute Gasteiger partial charge is 0.161 e. The SMILES string of the molecule is N#Cc1ccc(Cn2cnc3cc(F)c(F)cc32)cc1Br. The van der Waals surface area contributed by atoms with E-state index in [4.69, 9.17) is 5.26 Å². The fourth-order valence-corrected chi connectivity index (χ4v) is 2.64. The maximum atomic E-state index is 13.3. The molecule has 6 heteroatoms. The van der Waals surface area contributed by atoms with Crippen molar-refractivity contribution in [3.63, 3.8) is 0 Å². The first-order valence-electron chi connectivity index (χ1n) is 6.07. The van der Waals surface area contributed by atoms with Crippen LogP contribution in [0, 0.1) is 23.0 Å². The van der Waals surface area contributed by atoms with Gasteiger partial charge in [-0.3, -0.25) is 0 Å². The molecule has 0 aliphatic rings. The van der Waals surface area contributed by atoms with Crippen LogP contribution < -0.4 is 0 Å². The molecule has 3 rings (SSSR count). The second kappa shape index (κ2) is 5.26. The lowest BCUT2D eigenvalue weighted by Crippen LogP contribution is -1.99. The van der Waals surface area contributed by atoms with Gasteiger partial charge in [0.05, 0.1) is 22.9 Å². The van der Waals surface area contributed by atoms with Crippen LogP contribution in [-0.4, -0.2) is 9.55 Å². The second-order valence-corrected chi connectivity index (χ2v) is 5.41. The molecule has 0 atom stereocenters. The van der Waals surface area contributed by atoms with E-state index in [-0.39, 0.29) is 0 Å². The fourth-order valence-electron chi connectivity index (χ4n) is 2.12. The Kier molecular flexibility index (Phi) is 3.43. The number of hydrogen-bond donors (Lipinski definition) is 0. The van der Waals surface area contributed by atoms with Gasteiger partial charge >= 0.3 is 0 Å². The first kappa shape index (κ1) is 13.7. The summed E-state index contributed by atoms with van der Waals surface area (Å²) >= 11 is 3.33. The average molecular weight is 348 g/mol. The van der Waals surface area contributed by atoms with E-state index in [9.17, 15) is 8.78 Å². The largest absolute Gasteiger partial charge is 0.326 e. The van der Waals surface area contributed by atoms with E-state index in [0.29, 0.717) is 27.6 Å². The molecule has 0 bridgehead atoms. The first-order valence-corrected chi connectivity index (χ1v) is 6.86. The summed E-state index contributed by atoms with van der Waals surface area (Å²) < 4.78 is 28.9. The number of fused-ring (bicyclic) bond motifs is 1. The third-order valence-electron chi connectivity index (χ3n) is 3.17. The molecule has 2 aromatic carbocycles. The van der Waals surface area contributed by atoms with E-state index in [1.54, 1.807) is 10.6 Å². The summed E-state index contributed by atoms with van der Waals surface area (Å²) in [5.74, 6) is -1.81. The Labute approximate surface area is 127 Å². The normalized spacial score (nSPS) is 10.8. The highest BCUT2D eigenvalue weighted by Gasteiger charge is 2.10. The van der Waals surface area contributed by atoms with E-state index in [1.165, 1.54) is 6.33 Å².